The third-order valence-corrected chi connectivity index (χ3v) is 3.21. The molecular formula is C5H13N3O2S. The van der Waals surface area contributed by atoms with Crippen molar-refractivity contribution in [2.45, 2.75) is 6.42 Å². The SMILES string of the molecule is NCCCN1CCNS1(=O)=O. The Balaban J connectivity index is 2.45. The summed E-state index contributed by atoms with van der Waals surface area (Å²) in [6.07, 6.45) is 0.723. The van der Waals surface area contributed by atoms with Gasteiger partial charge in [0.25, 0.3) is 10.2 Å². The molecule has 5 nitrogen and oxygen atoms in total. The minimum atomic E-state index is -3.13. The Morgan fingerprint density at radius 2 is 2.27 bits per heavy atom. The van der Waals surface area contributed by atoms with Gasteiger partial charge in [-0.3, -0.25) is 0 Å². The summed E-state index contributed by atoms with van der Waals surface area (Å²) in [5, 5.41) is 0. The highest BCUT2D eigenvalue weighted by atomic mass is 32.2. The topological polar surface area (TPSA) is 75.4 Å². The van der Waals surface area contributed by atoms with Crippen molar-refractivity contribution in [3.8, 4) is 0 Å². The van der Waals surface area contributed by atoms with Gasteiger partial charge in [-0.2, -0.15) is 12.7 Å². The van der Waals surface area contributed by atoms with Crippen molar-refractivity contribution in [2.75, 3.05) is 26.2 Å². The summed E-state index contributed by atoms with van der Waals surface area (Å²) in [7, 11) is -3.13. The smallest absolute Gasteiger partial charge is 0.279 e. The summed E-state index contributed by atoms with van der Waals surface area (Å²) in [5.74, 6) is 0. The molecule has 0 amide bonds. The molecule has 0 aliphatic carbocycles. The predicted octanol–water partition coefficient (Wildman–Crippen LogP) is -1.51. The zero-order valence-corrected chi connectivity index (χ0v) is 7.10. The number of nitrogens with zero attached hydrogens (tertiary/aromatic N) is 1. The molecule has 0 spiro atoms. The van der Waals surface area contributed by atoms with Crippen LogP contribution in [0.4, 0.5) is 0 Å². The highest BCUT2D eigenvalue weighted by Crippen LogP contribution is 2.03. The first-order valence-corrected chi connectivity index (χ1v) is 5.05. The summed E-state index contributed by atoms with van der Waals surface area (Å²) in [6.45, 7) is 2.16. The molecule has 1 fully saturated rings. The van der Waals surface area contributed by atoms with E-state index in [1.54, 1.807) is 0 Å². The molecule has 0 bridgehead atoms. The van der Waals surface area contributed by atoms with Gasteiger partial charge in [0, 0.05) is 19.6 Å². The van der Waals surface area contributed by atoms with Crippen LogP contribution in [0.25, 0.3) is 0 Å². The van der Waals surface area contributed by atoms with E-state index in [2.05, 4.69) is 4.72 Å². The first kappa shape index (κ1) is 8.92. The van der Waals surface area contributed by atoms with Crippen molar-refractivity contribution in [1.29, 1.82) is 0 Å². The Morgan fingerprint density at radius 3 is 2.73 bits per heavy atom. The maximum absolute atomic E-state index is 11.0. The fourth-order valence-corrected chi connectivity index (χ4v) is 2.24. The lowest BCUT2D eigenvalue weighted by molar-refractivity contribution is 0.444. The van der Waals surface area contributed by atoms with Crippen molar-refractivity contribution >= 4 is 10.2 Å². The molecule has 0 unspecified atom stereocenters. The molecule has 0 atom stereocenters. The Hall–Kier alpha value is -0.170. The average molecular weight is 179 g/mol. The predicted molar refractivity (Wildman–Crippen MR) is 42.2 cm³/mol. The molecule has 1 aliphatic heterocycles. The molecule has 6 heteroatoms. The van der Waals surface area contributed by atoms with Crippen LogP contribution in [-0.2, 0) is 10.2 Å². The Morgan fingerprint density at radius 1 is 1.55 bits per heavy atom. The summed E-state index contributed by atoms with van der Waals surface area (Å²) in [4.78, 5) is 0. The normalized spacial score (nSPS) is 24.1. The second-order valence-corrected chi connectivity index (χ2v) is 4.20. The van der Waals surface area contributed by atoms with Gasteiger partial charge in [0.1, 0.15) is 0 Å². The van der Waals surface area contributed by atoms with Gasteiger partial charge in [0.15, 0.2) is 0 Å². The van der Waals surface area contributed by atoms with E-state index in [1.165, 1.54) is 4.31 Å². The second-order valence-electron chi connectivity index (χ2n) is 2.44. The lowest BCUT2D eigenvalue weighted by Gasteiger charge is -2.11. The van der Waals surface area contributed by atoms with E-state index in [1.807, 2.05) is 0 Å². The van der Waals surface area contributed by atoms with E-state index in [9.17, 15) is 8.42 Å². The lowest BCUT2D eigenvalue weighted by Crippen LogP contribution is -2.31. The molecule has 11 heavy (non-hydrogen) atoms. The van der Waals surface area contributed by atoms with Gasteiger partial charge in [0.05, 0.1) is 0 Å². The van der Waals surface area contributed by atoms with Crippen LogP contribution in [-0.4, -0.2) is 38.9 Å². The zero-order valence-electron chi connectivity index (χ0n) is 6.28. The van der Waals surface area contributed by atoms with Crippen molar-refractivity contribution in [3.05, 3.63) is 0 Å². The van der Waals surface area contributed by atoms with Crippen molar-refractivity contribution < 1.29 is 8.42 Å². The molecule has 0 radical (unpaired) electrons. The molecule has 3 N–H and O–H groups in total. The minimum Gasteiger partial charge on any atom is -0.330 e. The fourth-order valence-electron chi connectivity index (χ4n) is 1.01. The molecule has 0 aromatic carbocycles. The Kier molecular flexibility index (Phi) is 2.83. The molecular weight excluding hydrogens is 166 g/mol. The van der Waals surface area contributed by atoms with E-state index < -0.39 is 10.2 Å². The van der Waals surface area contributed by atoms with Crippen LogP contribution in [0.3, 0.4) is 0 Å². The molecule has 1 heterocycles. The third-order valence-electron chi connectivity index (χ3n) is 1.60. The summed E-state index contributed by atoms with van der Waals surface area (Å²) < 4.78 is 25.9. The van der Waals surface area contributed by atoms with Crippen LogP contribution in [0, 0.1) is 0 Å². The second kappa shape index (κ2) is 3.48. The monoisotopic (exact) mass is 179 g/mol. The summed E-state index contributed by atoms with van der Waals surface area (Å²) >= 11 is 0. The van der Waals surface area contributed by atoms with E-state index in [4.69, 9.17) is 5.73 Å². The lowest BCUT2D eigenvalue weighted by atomic mass is 10.4. The Labute approximate surface area is 66.7 Å². The molecule has 0 saturated carbocycles. The fraction of sp³-hybridized carbons (Fsp3) is 1.00. The molecule has 1 rings (SSSR count). The van der Waals surface area contributed by atoms with Crippen LogP contribution >= 0.6 is 0 Å². The van der Waals surface area contributed by atoms with Gasteiger partial charge in [-0.25, -0.2) is 4.72 Å². The van der Waals surface area contributed by atoms with Gasteiger partial charge in [0.2, 0.25) is 0 Å². The van der Waals surface area contributed by atoms with Gasteiger partial charge >= 0.3 is 0 Å². The van der Waals surface area contributed by atoms with E-state index in [0.29, 0.717) is 26.2 Å². The van der Waals surface area contributed by atoms with Crippen LogP contribution in [0.2, 0.25) is 0 Å². The van der Waals surface area contributed by atoms with E-state index >= 15 is 0 Å². The van der Waals surface area contributed by atoms with Crippen molar-refractivity contribution in [3.63, 3.8) is 0 Å². The number of nitrogens with one attached hydrogen (secondary N) is 1. The minimum absolute atomic E-state index is 0.521. The molecule has 66 valence electrons. The highest BCUT2D eigenvalue weighted by molar-refractivity contribution is 7.87. The van der Waals surface area contributed by atoms with Gasteiger partial charge in [-0.15, -0.1) is 0 Å². The van der Waals surface area contributed by atoms with E-state index in [0.717, 1.165) is 6.42 Å². The van der Waals surface area contributed by atoms with Crippen LogP contribution < -0.4 is 10.5 Å². The zero-order chi connectivity index (χ0) is 8.32. The maximum atomic E-state index is 11.0. The van der Waals surface area contributed by atoms with Gasteiger partial charge in [-0.05, 0) is 13.0 Å². The first-order chi connectivity index (χ1) is 5.17. The van der Waals surface area contributed by atoms with Crippen LogP contribution in [0.5, 0.6) is 0 Å². The maximum Gasteiger partial charge on any atom is 0.279 e. The number of nitrogens with two attached hydrogens (primary N) is 1. The first-order valence-electron chi connectivity index (χ1n) is 3.61. The quantitative estimate of drug-likeness (QED) is 0.553. The average Bonchev–Trinajstić information content (AvgIpc) is 2.25. The van der Waals surface area contributed by atoms with E-state index in [-0.39, 0.29) is 0 Å². The standard InChI is InChI=1S/C5H13N3O2S/c6-2-1-4-8-5-3-7-11(8,9)10/h7H,1-6H2. The van der Waals surface area contributed by atoms with Crippen molar-refractivity contribution in [1.82, 2.24) is 9.03 Å². The van der Waals surface area contributed by atoms with Crippen LogP contribution in [0.15, 0.2) is 0 Å². The largest absolute Gasteiger partial charge is 0.330 e. The molecule has 0 aromatic rings. The Bertz CT molecular complexity index is 214. The molecule has 1 aliphatic rings. The summed E-state index contributed by atoms with van der Waals surface area (Å²) in [5.41, 5.74) is 5.25. The third kappa shape index (κ3) is 2.13. The van der Waals surface area contributed by atoms with Gasteiger partial charge < -0.3 is 5.73 Å². The number of hydrogen-bond acceptors (Lipinski definition) is 3. The van der Waals surface area contributed by atoms with Crippen LogP contribution in [0.1, 0.15) is 6.42 Å². The highest BCUT2D eigenvalue weighted by Gasteiger charge is 2.26. The number of hydrogen-bond donors (Lipinski definition) is 2. The number of rotatable bonds is 3. The summed E-state index contributed by atoms with van der Waals surface area (Å²) in [6, 6.07) is 0. The molecule has 1 saturated heterocycles. The van der Waals surface area contributed by atoms with Gasteiger partial charge in [-0.1, -0.05) is 0 Å². The van der Waals surface area contributed by atoms with Crippen molar-refractivity contribution in [2.24, 2.45) is 5.73 Å². The molecule has 0 aromatic heterocycles.